The van der Waals surface area contributed by atoms with E-state index in [0.29, 0.717) is 49.2 Å². The number of aromatic nitrogens is 5. The zero-order valence-electron chi connectivity index (χ0n) is 19.5. The van der Waals surface area contributed by atoms with E-state index in [9.17, 15) is 22.8 Å². The Morgan fingerprint density at radius 3 is 2.73 bits per heavy atom. The molecule has 0 saturated carbocycles. The van der Waals surface area contributed by atoms with Crippen LogP contribution in [0.25, 0.3) is 0 Å². The minimum atomic E-state index is -4.79. The molecule has 0 radical (unpaired) electrons. The van der Waals surface area contributed by atoms with Crippen LogP contribution in [0.15, 0.2) is 30.5 Å². The highest BCUT2D eigenvalue weighted by atomic mass is 32.1. The maximum Gasteiger partial charge on any atom is 0.573 e. The number of amides is 2. The minimum Gasteiger partial charge on any atom is -0.406 e. The average Bonchev–Trinajstić information content (AvgIpc) is 3.48. The SMILES string of the molecule is O=C(NCc1cccc(OC(F)(F)F)c1)c1cn(CCCCc2nnc(C(=O)NCC3COC3)s2)nn1. The first kappa shape index (κ1) is 26.5. The number of unbranched alkanes of at least 4 members (excludes halogenated alkanes) is 1. The number of carbonyl (C=O) groups is 2. The van der Waals surface area contributed by atoms with Gasteiger partial charge in [0.05, 0.1) is 19.4 Å². The summed E-state index contributed by atoms with van der Waals surface area (Å²) in [4.78, 5) is 24.5. The predicted octanol–water partition coefficient (Wildman–Crippen LogP) is 2.36. The number of rotatable bonds is 12. The first-order chi connectivity index (χ1) is 17.7. The maximum atomic E-state index is 12.4. The van der Waals surface area contributed by atoms with E-state index in [-0.39, 0.29) is 23.9 Å². The molecule has 1 aliphatic heterocycles. The van der Waals surface area contributed by atoms with Gasteiger partial charge in [0.25, 0.3) is 11.8 Å². The second-order valence-corrected chi connectivity index (χ2v) is 9.38. The Labute approximate surface area is 213 Å². The normalized spacial score (nSPS) is 13.7. The van der Waals surface area contributed by atoms with Gasteiger partial charge in [0, 0.05) is 32.0 Å². The van der Waals surface area contributed by atoms with Crippen molar-refractivity contribution in [2.24, 2.45) is 5.92 Å². The van der Waals surface area contributed by atoms with Crippen molar-refractivity contribution in [3.05, 3.63) is 51.7 Å². The Morgan fingerprint density at radius 1 is 1.14 bits per heavy atom. The Morgan fingerprint density at radius 2 is 1.97 bits per heavy atom. The molecule has 0 unspecified atom stereocenters. The van der Waals surface area contributed by atoms with E-state index in [0.717, 1.165) is 17.8 Å². The fraction of sp³-hybridized carbons (Fsp3) is 0.455. The molecule has 37 heavy (non-hydrogen) atoms. The molecule has 15 heteroatoms. The average molecular weight is 540 g/mol. The third kappa shape index (κ3) is 8.21. The van der Waals surface area contributed by atoms with Crippen molar-refractivity contribution in [1.29, 1.82) is 0 Å². The van der Waals surface area contributed by atoms with Gasteiger partial charge in [0.1, 0.15) is 10.8 Å². The number of nitrogens with one attached hydrogen (secondary N) is 2. The van der Waals surface area contributed by atoms with Crippen LogP contribution in [0.2, 0.25) is 0 Å². The summed E-state index contributed by atoms with van der Waals surface area (Å²) in [6.45, 7) is 2.41. The number of halogens is 3. The topological polar surface area (TPSA) is 133 Å². The van der Waals surface area contributed by atoms with Gasteiger partial charge in [0.15, 0.2) is 5.69 Å². The van der Waals surface area contributed by atoms with Crippen LogP contribution >= 0.6 is 11.3 Å². The number of ether oxygens (including phenoxy) is 2. The molecule has 198 valence electrons. The molecular weight excluding hydrogens is 515 g/mol. The van der Waals surface area contributed by atoms with Gasteiger partial charge in [-0.05, 0) is 30.5 Å². The van der Waals surface area contributed by atoms with Crippen molar-refractivity contribution >= 4 is 23.2 Å². The molecule has 1 aromatic carbocycles. The highest BCUT2D eigenvalue weighted by molar-refractivity contribution is 7.13. The summed E-state index contributed by atoms with van der Waals surface area (Å²) in [5.74, 6) is -0.736. The molecule has 3 heterocycles. The molecule has 0 spiro atoms. The summed E-state index contributed by atoms with van der Waals surface area (Å²) in [6.07, 6.45) is -1.13. The van der Waals surface area contributed by atoms with Crippen LogP contribution in [0.3, 0.4) is 0 Å². The zero-order chi connectivity index (χ0) is 26.3. The Balaban J connectivity index is 1.16. The lowest BCUT2D eigenvalue weighted by molar-refractivity contribution is -0.274. The summed E-state index contributed by atoms with van der Waals surface area (Å²) in [5.41, 5.74) is 0.531. The number of benzene rings is 1. The number of nitrogens with zero attached hydrogens (tertiary/aromatic N) is 5. The highest BCUT2D eigenvalue weighted by Gasteiger charge is 2.31. The molecule has 1 aliphatic rings. The summed E-state index contributed by atoms with van der Waals surface area (Å²) < 4.78 is 47.6. The summed E-state index contributed by atoms with van der Waals surface area (Å²) in [5, 5.41) is 22.3. The molecule has 1 saturated heterocycles. The van der Waals surface area contributed by atoms with E-state index < -0.39 is 12.3 Å². The number of aryl methyl sites for hydroxylation is 2. The van der Waals surface area contributed by atoms with Crippen LogP contribution in [0.1, 0.15) is 43.7 Å². The number of alkyl halides is 3. The number of hydrogen-bond donors (Lipinski definition) is 2. The first-order valence-corrected chi connectivity index (χ1v) is 12.3. The van der Waals surface area contributed by atoms with Crippen molar-refractivity contribution in [1.82, 2.24) is 35.8 Å². The number of hydrogen-bond acceptors (Lipinski definition) is 9. The van der Waals surface area contributed by atoms with Crippen molar-refractivity contribution in [2.75, 3.05) is 19.8 Å². The van der Waals surface area contributed by atoms with Crippen molar-refractivity contribution in [2.45, 2.75) is 38.7 Å². The molecule has 4 rings (SSSR count). The van der Waals surface area contributed by atoms with E-state index in [1.165, 1.54) is 40.4 Å². The molecule has 2 aromatic heterocycles. The van der Waals surface area contributed by atoms with Crippen molar-refractivity contribution < 1.29 is 32.2 Å². The standard InChI is InChI=1S/C22H24F3N7O4S/c23-22(24,25)36-16-5-3-4-14(8-16)9-26-19(33)17-11-32(31-28-17)7-2-1-6-18-29-30-21(37-18)20(34)27-10-15-12-35-13-15/h3-5,8,11,15H,1-2,6-7,9-10,12-13H2,(H,26,33)(H,27,34). The fourth-order valence-corrected chi connectivity index (χ4v) is 4.15. The van der Waals surface area contributed by atoms with Gasteiger partial charge in [-0.2, -0.15) is 0 Å². The molecule has 3 aromatic rings. The third-order valence-electron chi connectivity index (χ3n) is 5.30. The van der Waals surface area contributed by atoms with Crippen molar-refractivity contribution in [3.63, 3.8) is 0 Å². The quantitative estimate of drug-likeness (QED) is 0.335. The third-order valence-corrected chi connectivity index (χ3v) is 6.29. The predicted molar refractivity (Wildman–Crippen MR) is 124 cm³/mol. The summed E-state index contributed by atoms with van der Waals surface area (Å²) >= 11 is 1.26. The fourth-order valence-electron chi connectivity index (χ4n) is 3.35. The Hall–Kier alpha value is -3.59. The smallest absolute Gasteiger partial charge is 0.406 e. The van der Waals surface area contributed by atoms with Gasteiger partial charge in [-0.1, -0.05) is 28.7 Å². The lowest BCUT2D eigenvalue weighted by atomic mass is 10.1. The van der Waals surface area contributed by atoms with Crippen LogP contribution < -0.4 is 15.4 Å². The first-order valence-electron chi connectivity index (χ1n) is 11.5. The van der Waals surface area contributed by atoms with Crippen LogP contribution in [-0.4, -0.2) is 63.1 Å². The van der Waals surface area contributed by atoms with Gasteiger partial charge in [-0.25, -0.2) is 0 Å². The van der Waals surface area contributed by atoms with Crippen LogP contribution in [0.4, 0.5) is 13.2 Å². The van der Waals surface area contributed by atoms with Crippen molar-refractivity contribution in [3.8, 4) is 5.75 Å². The molecule has 0 bridgehead atoms. The van der Waals surface area contributed by atoms with Crippen LogP contribution in [-0.2, 0) is 24.2 Å². The van der Waals surface area contributed by atoms with Crippen LogP contribution in [0, 0.1) is 5.92 Å². The van der Waals surface area contributed by atoms with Gasteiger partial charge < -0.3 is 20.1 Å². The second-order valence-electron chi connectivity index (χ2n) is 8.32. The van der Waals surface area contributed by atoms with Gasteiger partial charge >= 0.3 is 6.36 Å². The largest absolute Gasteiger partial charge is 0.573 e. The zero-order valence-corrected chi connectivity index (χ0v) is 20.3. The minimum absolute atomic E-state index is 0.00237. The monoisotopic (exact) mass is 539 g/mol. The lowest BCUT2D eigenvalue weighted by Gasteiger charge is -2.25. The molecule has 11 nitrogen and oxygen atoms in total. The maximum absolute atomic E-state index is 12.4. The summed E-state index contributed by atoms with van der Waals surface area (Å²) in [6, 6.07) is 5.35. The van der Waals surface area contributed by atoms with E-state index in [1.54, 1.807) is 6.07 Å². The van der Waals surface area contributed by atoms with E-state index in [1.807, 2.05) is 0 Å². The second kappa shape index (κ2) is 12.1. The highest BCUT2D eigenvalue weighted by Crippen LogP contribution is 2.23. The van der Waals surface area contributed by atoms with Gasteiger partial charge in [0.2, 0.25) is 5.01 Å². The molecule has 2 N–H and O–H groups in total. The lowest BCUT2D eigenvalue weighted by Crippen LogP contribution is -2.39. The van der Waals surface area contributed by atoms with Gasteiger partial charge in [-0.3, -0.25) is 14.3 Å². The number of carbonyl (C=O) groups excluding carboxylic acids is 2. The molecule has 1 fully saturated rings. The summed E-state index contributed by atoms with van der Waals surface area (Å²) in [7, 11) is 0. The molecule has 2 amide bonds. The van der Waals surface area contributed by atoms with Crippen LogP contribution in [0.5, 0.6) is 5.75 Å². The van der Waals surface area contributed by atoms with E-state index >= 15 is 0 Å². The Bertz CT molecular complexity index is 1210. The van der Waals surface area contributed by atoms with E-state index in [2.05, 4.69) is 35.9 Å². The van der Waals surface area contributed by atoms with Gasteiger partial charge in [-0.15, -0.1) is 28.5 Å². The van der Waals surface area contributed by atoms with E-state index in [4.69, 9.17) is 4.74 Å². The molecule has 0 aliphatic carbocycles. The molecule has 0 atom stereocenters. The Kier molecular flexibility index (Phi) is 8.66. The molecular formula is C22H24F3N7O4S.